The summed E-state index contributed by atoms with van der Waals surface area (Å²) in [6.07, 6.45) is 4.73. The standard InChI is InChI=1S/C23H29NO5S/c1-2-3-4-5-21(25)16-6-8-18(9-7-16)24-19(10-11-22(24)26)13-29-14-20-12-17(15-30-20)23(27)28/h6-9,12,15,19,21,25H,2-5,10-11,13-14H2,1H3,(H,27,28). The van der Waals surface area contributed by atoms with E-state index in [4.69, 9.17) is 9.84 Å². The highest BCUT2D eigenvalue weighted by atomic mass is 32.1. The average molecular weight is 432 g/mol. The van der Waals surface area contributed by atoms with Crippen LogP contribution < -0.4 is 4.90 Å². The Morgan fingerprint density at radius 1 is 1.30 bits per heavy atom. The highest BCUT2D eigenvalue weighted by molar-refractivity contribution is 7.10. The first-order valence-corrected chi connectivity index (χ1v) is 11.4. The number of aromatic carboxylic acids is 1. The maximum Gasteiger partial charge on any atom is 0.336 e. The maximum absolute atomic E-state index is 12.4. The van der Waals surface area contributed by atoms with Crippen LogP contribution in [0.2, 0.25) is 0 Å². The van der Waals surface area contributed by atoms with Crippen molar-refractivity contribution in [3.8, 4) is 0 Å². The lowest BCUT2D eigenvalue weighted by Gasteiger charge is -2.25. The number of carboxylic acids is 1. The molecule has 162 valence electrons. The molecule has 3 rings (SSSR count). The van der Waals surface area contributed by atoms with Crippen LogP contribution in [-0.2, 0) is 16.1 Å². The predicted octanol–water partition coefficient (Wildman–Crippen LogP) is 4.77. The van der Waals surface area contributed by atoms with Crippen LogP contribution in [0.15, 0.2) is 35.7 Å². The minimum atomic E-state index is -0.941. The summed E-state index contributed by atoms with van der Waals surface area (Å²) in [5.74, 6) is -0.867. The van der Waals surface area contributed by atoms with Crippen molar-refractivity contribution in [2.45, 2.75) is 64.2 Å². The Morgan fingerprint density at radius 3 is 2.73 bits per heavy atom. The van der Waals surface area contributed by atoms with Gasteiger partial charge in [0.2, 0.25) is 5.91 Å². The van der Waals surface area contributed by atoms with Gasteiger partial charge in [0.25, 0.3) is 0 Å². The molecule has 1 fully saturated rings. The smallest absolute Gasteiger partial charge is 0.336 e. The van der Waals surface area contributed by atoms with Crippen LogP contribution in [0.1, 0.15) is 72.4 Å². The second kappa shape index (κ2) is 10.7. The molecule has 1 aromatic heterocycles. The number of rotatable bonds is 11. The van der Waals surface area contributed by atoms with Gasteiger partial charge < -0.3 is 19.8 Å². The Bertz CT molecular complexity index is 848. The Hall–Kier alpha value is -2.22. The summed E-state index contributed by atoms with van der Waals surface area (Å²) in [7, 11) is 0. The number of unbranched alkanes of at least 4 members (excludes halogenated alkanes) is 2. The minimum absolute atomic E-state index is 0.0447. The number of anilines is 1. The molecule has 7 heteroatoms. The number of ether oxygens (including phenoxy) is 1. The van der Waals surface area contributed by atoms with Crippen LogP contribution in [0.5, 0.6) is 0 Å². The molecule has 1 aliphatic heterocycles. The first-order valence-electron chi connectivity index (χ1n) is 10.5. The highest BCUT2D eigenvalue weighted by Crippen LogP contribution is 2.29. The third-order valence-electron chi connectivity index (χ3n) is 5.42. The normalized spacial score (nSPS) is 17.5. The van der Waals surface area contributed by atoms with E-state index in [1.807, 2.05) is 24.3 Å². The second-order valence-corrected chi connectivity index (χ2v) is 8.68. The van der Waals surface area contributed by atoms with E-state index in [2.05, 4.69) is 6.92 Å². The molecule has 1 aliphatic rings. The zero-order valence-electron chi connectivity index (χ0n) is 17.3. The van der Waals surface area contributed by atoms with Gasteiger partial charge >= 0.3 is 5.97 Å². The molecule has 0 aliphatic carbocycles. The van der Waals surface area contributed by atoms with Gasteiger partial charge in [0.05, 0.1) is 30.9 Å². The molecule has 2 unspecified atom stereocenters. The van der Waals surface area contributed by atoms with Gasteiger partial charge in [-0.05, 0) is 36.6 Å². The van der Waals surface area contributed by atoms with Crippen molar-refractivity contribution in [2.24, 2.45) is 0 Å². The topological polar surface area (TPSA) is 87.1 Å². The van der Waals surface area contributed by atoms with Crippen molar-refractivity contribution in [3.05, 3.63) is 51.7 Å². The Labute approximate surface area is 181 Å². The molecule has 6 nitrogen and oxygen atoms in total. The summed E-state index contributed by atoms with van der Waals surface area (Å²) in [6, 6.07) is 9.16. The van der Waals surface area contributed by atoms with E-state index < -0.39 is 12.1 Å². The van der Waals surface area contributed by atoms with Crippen LogP contribution in [0.4, 0.5) is 5.69 Å². The monoisotopic (exact) mass is 431 g/mol. The fourth-order valence-corrected chi connectivity index (χ4v) is 4.53. The van der Waals surface area contributed by atoms with Crippen molar-refractivity contribution in [1.82, 2.24) is 0 Å². The van der Waals surface area contributed by atoms with Crippen molar-refractivity contribution in [1.29, 1.82) is 0 Å². The summed E-state index contributed by atoms with van der Waals surface area (Å²) < 4.78 is 5.80. The van der Waals surface area contributed by atoms with Crippen LogP contribution in [-0.4, -0.2) is 34.7 Å². The Kier molecular flexibility index (Phi) is 8.01. The van der Waals surface area contributed by atoms with Crippen LogP contribution in [0.3, 0.4) is 0 Å². The molecule has 2 aromatic rings. The van der Waals surface area contributed by atoms with E-state index in [9.17, 15) is 14.7 Å². The third-order valence-corrected chi connectivity index (χ3v) is 6.33. The molecule has 30 heavy (non-hydrogen) atoms. The number of thiophene rings is 1. The zero-order valence-corrected chi connectivity index (χ0v) is 18.1. The predicted molar refractivity (Wildman–Crippen MR) is 117 cm³/mol. The fraction of sp³-hybridized carbons (Fsp3) is 0.478. The quantitative estimate of drug-likeness (QED) is 0.500. The van der Waals surface area contributed by atoms with E-state index >= 15 is 0 Å². The molecular weight excluding hydrogens is 402 g/mol. The molecule has 1 saturated heterocycles. The first-order chi connectivity index (χ1) is 14.5. The molecular formula is C23H29NO5S. The van der Waals surface area contributed by atoms with Gasteiger partial charge in [-0.1, -0.05) is 38.3 Å². The number of amides is 1. The maximum atomic E-state index is 12.4. The lowest BCUT2D eigenvalue weighted by molar-refractivity contribution is -0.117. The van der Waals surface area contributed by atoms with E-state index in [0.717, 1.165) is 48.2 Å². The van der Waals surface area contributed by atoms with Gasteiger partial charge in [0.1, 0.15) is 0 Å². The van der Waals surface area contributed by atoms with Crippen LogP contribution in [0.25, 0.3) is 0 Å². The summed E-state index contributed by atoms with van der Waals surface area (Å²) in [5, 5.41) is 20.9. The van der Waals surface area contributed by atoms with Gasteiger partial charge in [-0.2, -0.15) is 0 Å². The highest BCUT2D eigenvalue weighted by Gasteiger charge is 2.32. The first kappa shape index (κ1) is 22.5. The number of hydrogen-bond donors (Lipinski definition) is 2. The summed E-state index contributed by atoms with van der Waals surface area (Å²) >= 11 is 1.36. The lowest BCUT2D eigenvalue weighted by Crippen LogP contribution is -2.36. The SMILES string of the molecule is CCCCCC(O)c1ccc(N2C(=O)CCC2COCc2cc(C(=O)O)cs2)cc1. The van der Waals surface area contributed by atoms with Crippen molar-refractivity contribution in [3.63, 3.8) is 0 Å². The van der Waals surface area contributed by atoms with Crippen LogP contribution >= 0.6 is 11.3 Å². The summed E-state index contributed by atoms with van der Waals surface area (Å²) in [4.78, 5) is 26.1. The van der Waals surface area contributed by atoms with Gasteiger partial charge in [-0.15, -0.1) is 11.3 Å². The molecule has 0 saturated carbocycles. The molecule has 2 heterocycles. The lowest BCUT2D eigenvalue weighted by atomic mass is 10.0. The van der Waals surface area contributed by atoms with Gasteiger partial charge in [-0.3, -0.25) is 4.79 Å². The number of carbonyl (C=O) groups excluding carboxylic acids is 1. The van der Waals surface area contributed by atoms with E-state index in [1.54, 1.807) is 16.3 Å². The molecule has 2 N–H and O–H groups in total. The zero-order chi connectivity index (χ0) is 21.5. The second-order valence-electron chi connectivity index (χ2n) is 7.68. The fourth-order valence-electron chi connectivity index (χ4n) is 3.73. The van der Waals surface area contributed by atoms with Crippen molar-refractivity contribution >= 4 is 28.9 Å². The summed E-state index contributed by atoms with van der Waals surface area (Å²) in [6.45, 7) is 2.87. The van der Waals surface area contributed by atoms with Crippen molar-refractivity contribution in [2.75, 3.05) is 11.5 Å². The summed E-state index contributed by atoms with van der Waals surface area (Å²) in [5.41, 5.74) is 1.97. The van der Waals surface area contributed by atoms with Gasteiger partial charge in [0, 0.05) is 22.4 Å². The molecule has 0 spiro atoms. The average Bonchev–Trinajstić information content (AvgIpc) is 3.35. The van der Waals surface area contributed by atoms with E-state index in [-0.39, 0.29) is 17.5 Å². The largest absolute Gasteiger partial charge is 0.478 e. The van der Waals surface area contributed by atoms with Gasteiger partial charge in [0.15, 0.2) is 0 Å². The molecule has 0 bridgehead atoms. The van der Waals surface area contributed by atoms with Crippen molar-refractivity contribution < 1.29 is 24.5 Å². The van der Waals surface area contributed by atoms with E-state index in [1.165, 1.54) is 11.3 Å². The number of aliphatic hydroxyl groups is 1. The Balaban J connectivity index is 1.56. The van der Waals surface area contributed by atoms with E-state index in [0.29, 0.717) is 19.6 Å². The minimum Gasteiger partial charge on any atom is -0.478 e. The molecule has 1 aromatic carbocycles. The number of carboxylic acid groups (broad SMARTS) is 1. The number of aliphatic hydroxyl groups excluding tert-OH is 1. The number of benzene rings is 1. The van der Waals surface area contributed by atoms with Gasteiger partial charge in [-0.25, -0.2) is 4.79 Å². The number of hydrogen-bond acceptors (Lipinski definition) is 5. The molecule has 2 atom stereocenters. The van der Waals surface area contributed by atoms with Crippen LogP contribution in [0, 0.1) is 0 Å². The third kappa shape index (κ3) is 5.68. The number of nitrogens with zero attached hydrogens (tertiary/aromatic N) is 1. The molecule has 1 amide bonds. The number of carbonyl (C=O) groups is 2. The Morgan fingerprint density at radius 2 is 2.07 bits per heavy atom. The molecule has 0 radical (unpaired) electrons.